The summed E-state index contributed by atoms with van der Waals surface area (Å²) in [7, 11) is 0. The van der Waals surface area contributed by atoms with Gasteiger partial charge in [-0.15, -0.1) is 0 Å². The summed E-state index contributed by atoms with van der Waals surface area (Å²) >= 11 is 0. The Balaban J connectivity index is 1.67. The number of carboxylic acid groups (broad SMARTS) is 1. The number of hydrogen-bond donors (Lipinski definition) is 3. The molecule has 2 aromatic rings. The first-order valence-corrected chi connectivity index (χ1v) is 8.50. The van der Waals surface area contributed by atoms with Crippen molar-refractivity contribution in [2.24, 2.45) is 5.73 Å². The molecule has 0 radical (unpaired) electrons. The van der Waals surface area contributed by atoms with E-state index in [1.807, 2.05) is 30.3 Å². The lowest BCUT2D eigenvalue weighted by atomic mass is 9.94. The molecule has 0 fully saturated rings. The Labute approximate surface area is 151 Å². The number of benzene rings is 2. The second kappa shape index (κ2) is 7.39. The van der Waals surface area contributed by atoms with Gasteiger partial charge in [-0.1, -0.05) is 36.4 Å². The van der Waals surface area contributed by atoms with Crippen LogP contribution >= 0.6 is 0 Å². The highest BCUT2D eigenvalue weighted by Gasteiger charge is 2.25. The average Bonchev–Trinajstić information content (AvgIpc) is 2.62. The molecule has 6 heteroatoms. The van der Waals surface area contributed by atoms with Crippen molar-refractivity contribution in [3.05, 3.63) is 70.3 Å². The van der Waals surface area contributed by atoms with Crippen LogP contribution < -0.4 is 5.73 Å². The molecule has 4 N–H and O–H groups in total. The Morgan fingerprint density at radius 1 is 1.12 bits per heavy atom. The fourth-order valence-corrected chi connectivity index (χ4v) is 3.20. The van der Waals surface area contributed by atoms with Crippen LogP contribution in [-0.4, -0.2) is 40.8 Å². The minimum absolute atomic E-state index is 0.0628. The topological polar surface area (TPSA) is 107 Å². The third-order valence-electron chi connectivity index (χ3n) is 4.63. The molecule has 0 saturated carbocycles. The number of amidine groups is 1. The molecule has 1 heterocycles. The van der Waals surface area contributed by atoms with Crippen LogP contribution in [0.2, 0.25) is 0 Å². The summed E-state index contributed by atoms with van der Waals surface area (Å²) in [6.45, 7) is 0.185. The number of nitrogens with two attached hydrogens (primary N) is 1. The molecule has 0 unspecified atom stereocenters. The summed E-state index contributed by atoms with van der Waals surface area (Å²) in [4.78, 5) is 24.6. The number of aliphatic carboxylic acids is 1. The summed E-state index contributed by atoms with van der Waals surface area (Å²) in [6.07, 6.45) is 2.38. The molecule has 2 aromatic carbocycles. The van der Waals surface area contributed by atoms with Crippen LogP contribution in [0.5, 0.6) is 0 Å². The highest BCUT2D eigenvalue weighted by atomic mass is 16.4. The number of carbonyl (C=O) groups is 2. The number of hydrogen-bond acceptors (Lipinski definition) is 3. The number of rotatable bonds is 6. The standard InChI is InChI=1S/C20H21N3O3/c21-19(22)15-6-3-13(4-7-15)1-2-14-5-8-17-16(11-14)9-10-23(20(17)26)12-18(24)25/h3-8,11H,1-2,9-10,12H2,(H3,21,22)(H,24,25). The minimum atomic E-state index is -0.991. The van der Waals surface area contributed by atoms with Gasteiger partial charge in [0.2, 0.25) is 0 Å². The molecule has 6 nitrogen and oxygen atoms in total. The number of nitrogens with zero attached hydrogens (tertiary/aromatic N) is 1. The highest BCUT2D eigenvalue weighted by molar-refractivity contribution is 5.98. The third-order valence-corrected chi connectivity index (χ3v) is 4.63. The Kier molecular flexibility index (Phi) is 5.02. The normalized spacial score (nSPS) is 13.4. The maximum Gasteiger partial charge on any atom is 0.323 e. The fraction of sp³-hybridized carbons (Fsp3) is 0.250. The fourth-order valence-electron chi connectivity index (χ4n) is 3.20. The Morgan fingerprint density at radius 3 is 2.42 bits per heavy atom. The number of nitrogens with one attached hydrogen (secondary N) is 1. The van der Waals surface area contributed by atoms with Crippen LogP contribution in [-0.2, 0) is 24.1 Å². The van der Waals surface area contributed by atoms with Crippen LogP contribution in [0.3, 0.4) is 0 Å². The molecular weight excluding hydrogens is 330 g/mol. The van der Waals surface area contributed by atoms with Crippen molar-refractivity contribution in [3.63, 3.8) is 0 Å². The van der Waals surface area contributed by atoms with Crippen molar-refractivity contribution < 1.29 is 14.7 Å². The zero-order valence-electron chi connectivity index (χ0n) is 14.4. The SMILES string of the molecule is N=C(N)c1ccc(CCc2ccc3c(c2)CCN(CC(=O)O)C3=O)cc1. The molecule has 1 aliphatic heterocycles. The lowest BCUT2D eigenvalue weighted by Gasteiger charge is -2.27. The number of carboxylic acids is 1. The molecule has 1 amide bonds. The molecule has 3 rings (SSSR count). The van der Waals surface area contributed by atoms with E-state index in [0.29, 0.717) is 24.1 Å². The Morgan fingerprint density at radius 2 is 1.77 bits per heavy atom. The van der Waals surface area contributed by atoms with Crippen molar-refractivity contribution in [1.29, 1.82) is 5.41 Å². The van der Waals surface area contributed by atoms with Gasteiger partial charge in [0.15, 0.2) is 0 Å². The van der Waals surface area contributed by atoms with Crippen molar-refractivity contribution in [2.45, 2.75) is 19.3 Å². The highest BCUT2D eigenvalue weighted by Crippen LogP contribution is 2.21. The van der Waals surface area contributed by atoms with Gasteiger partial charge < -0.3 is 15.7 Å². The van der Waals surface area contributed by atoms with Gasteiger partial charge >= 0.3 is 5.97 Å². The van der Waals surface area contributed by atoms with E-state index >= 15 is 0 Å². The average molecular weight is 351 g/mol. The first kappa shape index (κ1) is 17.7. The van der Waals surface area contributed by atoms with Crippen LogP contribution in [0.15, 0.2) is 42.5 Å². The van der Waals surface area contributed by atoms with E-state index in [9.17, 15) is 9.59 Å². The van der Waals surface area contributed by atoms with E-state index in [4.69, 9.17) is 16.2 Å². The summed E-state index contributed by atoms with van der Waals surface area (Å²) in [5, 5.41) is 16.3. The largest absolute Gasteiger partial charge is 0.480 e. The maximum absolute atomic E-state index is 12.4. The quantitative estimate of drug-likeness (QED) is 0.545. The maximum atomic E-state index is 12.4. The van der Waals surface area contributed by atoms with Gasteiger partial charge in [0, 0.05) is 17.7 Å². The van der Waals surface area contributed by atoms with E-state index < -0.39 is 5.97 Å². The molecule has 26 heavy (non-hydrogen) atoms. The molecule has 0 aromatic heterocycles. The number of nitrogen functional groups attached to an aromatic ring is 1. The van der Waals surface area contributed by atoms with Crippen LogP contribution in [0, 0.1) is 5.41 Å². The van der Waals surface area contributed by atoms with Crippen molar-refractivity contribution in [1.82, 2.24) is 4.90 Å². The van der Waals surface area contributed by atoms with E-state index in [1.165, 1.54) is 4.90 Å². The molecular formula is C20H21N3O3. The Hall–Kier alpha value is -3.15. The van der Waals surface area contributed by atoms with Gasteiger partial charge in [-0.25, -0.2) is 0 Å². The summed E-state index contributed by atoms with van der Waals surface area (Å²) in [5.74, 6) is -1.14. The molecule has 0 aliphatic carbocycles. The predicted octanol–water partition coefficient (Wildman–Crippen LogP) is 1.84. The smallest absolute Gasteiger partial charge is 0.323 e. The second-order valence-electron chi connectivity index (χ2n) is 6.47. The zero-order valence-corrected chi connectivity index (χ0v) is 14.4. The van der Waals surface area contributed by atoms with Crippen molar-refractivity contribution in [2.75, 3.05) is 13.1 Å². The van der Waals surface area contributed by atoms with E-state index in [1.54, 1.807) is 6.07 Å². The van der Waals surface area contributed by atoms with Gasteiger partial charge in [0.1, 0.15) is 12.4 Å². The summed E-state index contributed by atoms with van der Waals surface area (Å²) in [5.41, 5.74) is 10.1. The molecule has 0 bridgehead atoms. The van der Waals surface area contributed by atoms with Crippen molar-refractivity contribution in [3.8, 4) is 0 Å². The summed E-state index contributed by atoms with van der Waals surface area (Å²) in [6, 6.07) is 13.4. The number of fused-ring (bicyclic) bond motifs is 1. The molecule has 0 spiro atoms. The molecule has 134 valence electrons. The molecule has 1 aliphatic rings. The first-order chi connectivity index (χ1) is 12.4. The molecule has 0 atom stereocenters. The predicted molar refractivity (Wildman–Crippen MR) is 98.6 cm³/mol. The van der Waals surface area contributed by atoms with Crippen molar-refractivity contribution >= 4 is 17.7 Å². The number of amides is 1. The number of carbonyl (C=O) groups excluding carboxylic acids is 1. The van der Waals surface area contributed by atoms with E-state index in [2.05, 4.69) is 6.07 Å². The lowest BCUT2D eigenvalue weighted by Crippen LogP contribution is -2.40. The monoisotopic (exact) mass is 351 g/mol. The minimum Gasteiger partial charge on any atom is -0.480 e. The van der Waals surface area contributed by atoms with Crippen LogP contribution in [0.1, 0.15) is 32.6 Å². The Bertz CT molecular complexity index is 859. The first-order valence-electron chi connectivity index (χ1n) is 8.50. The molecule has 0 saturated heterocycles. The second-order valence-corrected chi connectivity index (χ2v) is 6.47. The van der Waals surface area contributed by atoms with Gasteiger partial charge in [0.25, 0.3) is 5.91 Å². The lowest BCUT2D eigenvalue weighted by molar-refractivity contribution is -0.137. The van der Waals surface area contributed by atoms with Crippen LogP contribution in [0.4, 0.5) is 0 Å². The van der Waals surface area contributed by atoms with E-state index in [-0.39, 0.29) is 18.3 Å². The van der Waals surface area contributed by atoms with Gasteiger partial charge in [-0.3, -0.25) is 15.0 Å². The van der Waals surface area contributed by atoms with Crippen LogP contribution in [0.25, 0.3) is 0 Å². The van der Waals surface area contributed by atoms with Gasteiger partial charge in [-0.2, -0.15) is 0 Å². The van der Waals surface area contributed by atoms with E-state index in [0.717, 1.165) is 29.5 Å². The summed E-state index contributed by atoms with van der Waals surface area (Å²) < 4.78 is 0. The third kappa shape index (κ3) is 3.91. The van der Waals surface area contributed by atoms with Gasteiger partial charge in [-0.05, 0) is 42.0 Å². The van der Waals surface area contributed by atoms with Gasteiger partial charge in [0.05, 0.1) is 0 Å². The number of aryl methyl sites for hydroxylation is 2. The zero-order chi connectivity index (χ0) is 18.7.